The maximum absolute atomic E-state index is 11.8. The summed E-state index contributed by atoms with van der Waals surface area (Å²) in [6.45, 7) is 5.02. The predicted molar refractivity (Wildman–Crippen MR) is 148 cm³/mol. The van der Waals surface area contributed by atoms with Crippen molar-refractivity contribution in [2.45, 2.75) is 20.5 Å². The Morgan fingerprint density at radius 3 is 2.61 bits per heavy atom. The van der Waals surface area contributed by atoms with Crippen LogP contribution in [0.25, 0.3) is 27.4 Å². The lowest BCUT2D eigenvalue weighted by Gasteiger charge is -2.16. The first kappa shape index (κ1) is 24.2. The van der Waals surface area contributed by atoms with E-state index in [1.54, 1.807) is 11.3 Å². The van der Waals surface area contributed by atoms with Crippen molar-refractivity contribution in [3.63, 3.8) is 0 Å². The second-order valence-corrected chi connectivity index (χ2v) is 11.5. The highest BCUT2D eigenvalue weighted by molar-refractivity contribution is 7.87. The number of rotatable bonds is 6. The number of fused-ring (bicyclic) bond motifs is 2. The van der Waals surface area contributed by atoms with Crippen LogP contribution in [0.3, 0.4) is 0 Å². The molecule has 1 N–H and O–H groups in total. The molecule has 0 aliphatic carbocycles. The lowest BCUT2D eigenvalue weighted by molar-refractivity contribution is -0.666. The lowest BCUT2D eigenvalue weighted by Crippen LogP contribution is -2.34. The molecular formula is C28H28N3O3S2+. The lowest BCUT2D eigenvalue weighted by atomic mass is 10.0. The van der Waals surface area contributed by atoms with Gasteiger partial charge in [-0.2, -0.15) is 4.57 Å². The molecule has 0 amide bonds. The summed E-state index contributed by atoms with van der Waals surface area (Å²) in [5.41, 5.74) is 5.35. The number of ether oxygens (including phenoxy) is 1. The van der Waals surface area contributed by atoms with Crippen molar-refractivity contribution in [1.29, 1.82) is 0 Å². The number of benzene rings is 3. The molecule has 0 bridgehead atoms. The molecule has 3 aromatic carbocycles. The average Bonchev–Trinajstić information content (AvgIpc) is 3.38. The second-order valence-electron chi connectivity index (χ2n) is 8.63. The number of allylic oxidation sites excluding steroid dienone is 2. The van der Waals surface area contributed by atoms with E-state index >= 15 is 0 Å². The van der Waals surface area contributed by atoms with Gasteiger partial charge in [0.15, 0.2) is 15.8 Å². The highest BCUT2D eigenvalue weighted by Gasteiger charge is 2.26. The molecule has 4 aromatic rings. The van der Waals surface area contributed by atoms with Gasteiger partial charge in [-0.25, -0.2) is 4.21 Å². The van der Waals surface area contributed by atoms with Gasteiger partial charge in [0.25, 0.3) is 11.7 Å². The predicted octanol–water partition coefficient (Wildman–Crippen LogP) is 6.55. The molecule has 1 unspecified atom stereocenters. The largest absolute Gasteiger partial charge is 0.439 e. The average molecular weight is 519 g/mol. The van der Waals surface area contributed by atoms with Crippen LogP contribution in [0, 0.1) is 0 Å². The maximum atomic E-state index is 11.8. The first-order valence-corrected chi connectivity index (χ1v) is 14.4. The van der Waals surface area contributed by atoms with Gasteiger partial charge in [0.05, 0.1) is 5.69 Å². The zero-order valence-electron chi connectivity index (χ0n) is 20.4. The summed E-state index contributed by atoms with van der Waals surface area (Å²) in [5.74, 6) is 1.61. The molecular weight excluding hydrogens is 490 g/mol. The molecule has 6 nitrogen and oxygen atoms in total. The molecule has 0 fully saturated rings. The van der Waals surface area contributed by atoms with Crippen LogP contribution in [0.15, 0.2) is 94.7 Å². The third-order valence-electron chi connectivity index (χ3n) is 5.93. The molecule has 8 heteroatoms. The van der Waals surface area contributed by atoms with Gasteiger partial charge in [0.1, 0.15) is 4.70 Å². The van der Waals surface area contributed by atoms with Crippen LogP contribution < -0.4 is 14.2 Å². The summed E-state index contributed by atoms with van der Waals surface area (Å²) in [5, 5.41) is 0.947. The van der Waals surface area contributed by atoms with Crippen molar-refractivity contribution < 1.29 is 18.1 Å². The Morgan fingerprint density at radius 2 is 1.86 bits per heavy atom. The Balaban J connectivity index is 1.49. The second kappa shape index (κ2) is 9.89. The van der Waals surface area contributed by atoms with Gasteiger partial charge in [-0.15, -0.1) is 4.36 Å². The summed E-state index contributed by atoms with van der Waals surface area (Å²) in [4.78, 5) is 2.17. The minimum Gasteiger partial charge on any atom is -0.439 e. The minimum absolute atomic E-state index is 0.108. The van der Waals surface area contributed by atoms with E-state index in [1.165, 1.54) is 11.8 Å². The summed E-state index contributed by atoms with van der Waals surface area (Å²) in [6, 6.07) is 24.6. The van der Waals surface area contributed by atoms with Crippen LogP contribution >= 0.6 is 11.3 Å². The number of nitrogens with zero attached hydrogens (tertiary/aromatic N) is 3. The Hall–Kier alpha value is -3.46. The van der Waals surface area contributed by atoms with Crippen LogP contribution in [0.5, 0.6) is 5.75 Å². The number of hydrogen-bond donors (Lipinski definition) is 1. The number of anilines is 1. The van der Waals surface area contributed by atoms with E-state index in [0.717, 1.165) is 50.2 Å². The SMILES string of the molecule is CCN1C(=CC(C)=Cc2sc3ccccc3[n+]2CN=S(C)(=O)O)Oc2ccc(-c3ccccc3)cc21. The molecule has 0 radical (unpaired) electrons. The van der Waals surface area contributed by atoms with Crippen molar-refractivity contribution in [2.24, 2.45) is 4.36 Å². The Kier molecular flexibility index (Phi) is 6.66. The van der Waals surface area contributed by atoms with Crippen molar-refractivity contribution >= 4 is 43.3 Å². The zero-order valence-corrected chi connectivity index (χ0v) is 22.1. The van der Waals surface area contributed by atoms with Gasteiger partial charge in [-0.05, 0) is 48.7 Å². The highest BCUT2D eigenvalue weighted by Crippen LogP contribution is 2.41. The summed E-state index contributed by atoms with van der Waals surface area (Å²) < 4.78 is 34.8. The Labute approximate surface area is 215 Å². The van der Waals surface area contributed by atoms with Gasteiger partial charge in [-0.3, -0.25) is 0 Å². The Bertz CT molecular complexity index is 1610. The van der Waals surface area contributed by atoms with Crippen molar-refractivity contribution in [3.8, 4) is 16.9 Å². The van der Waals surface area contributed by atoms with Crippen molar-refractivity contribution in [3.05, 3.63) is 95.3 Å². The molecule has 0 saturated heterocycles. The first-order chi connectivity index (χ1) is 17.3. The summed E-state index contributed by atoms with van der Waals surface area (Å²) in [6.07, 6.45) is 5.33. The maximum Gasteiger partial charge on any atom is 0.264 e. The molecule has 36 heavy (non-hydrogen) atoms. The van der Waals surface area contributed by atoms with E-state index in [4.69, 9.17) is 4.74 Å². The van der Waals surface area contributed by atoms with Gasteiger partial charge in [-0.1, -0.05) is 59.9 Å². The number of hydrogen-bond acceptors (Lipinski definition) is 5. The van der Waals surface area contributed by atoms with Crippen molar-refractivity contribution in [1.82, 2.24) is 0 Å². The van der Waals surface area contributed by atoms with E-state index in [2.05, 4.69) is 46.5 Å². The molecule has 1 aliphatic rings. The fraction of sp³-hybridized carbons (Fsp3) is 0.179. The van der Waals surface area contributed by atoms with E-state index < -0.39 is 10.0 Å². The van der Waals surface area contributed by atoms with E-state index in [0.29, 0.717) is 0 Å². The third kappa shape index (κ3) is 5.06. The van der Waals surface area contributed by atoms with E-state index in [1.807, 2.05) is 66.1 Å². The van der Waals surface area contributed by atoms with Crippen LogP contribution in [-0.4, -0.2) is 21.6 Å². The normalized spacial score (nSPS) is 16.2. The molecule has 1 atom stereocenters. The first-order valence-electron chi connectivity index (χ1n) is 11.7. The third-order valence-corrected chi connectivity index (χ3v) is 7.64. The topological polar surface area (TPSA) is 66.0 Å². The number of para-hydroxylation sites is 1. The van der Waals surface area contributed by atoms with Crippen molar-refractivity contribution in [2.75, 3.05) is 17.7 Å². The van der Waals surface area contributed by atoms with E-state index in [-0.39, 0.29) is 6.67 Å². The van der Waals surface area contributed by atoms with Crippen LogP contribution in [0.4, 0.5) is 5.69 Å². The molecule has 0 spiro atoms. The van der Waals surface area contributed by atoms with Gasteiger partial charge in [0, 0.05) is 31.0 Å². The van der Waals surface area contributed by atoms with Gasteiger partial charge in [0.2, 0.25) is 11.4 Å². The number of thiazole rings is 1. The summed E-state index contributed by atoms with van der Waals surface area (Å²) in [7, 11) is -3.20. The zero-order chi connectivity index (χ0) is 25.3. The molecule has 1 aromatic heterocycles. The molecule has 5 rings (SSSR count). The molecule has 184 valence electrons. The smallest absolute Gasteiger partial charge is 0.264 e. The molecule has 0 saturated carbocycles. The highest BCUT2D eigenvalue weighted by atomic mass is 32.2. The van der Waals surface area contributed by atoms with Crippen LogP contribution in [0.1, 0.15) is 18.9 Å². The molecule has 1 aliphatic heterocycles. The van der Waals surface area contributed by atoms with Gasteiger partial charge < -0.3 is 14.2 Å². The Morgan fingerprint density at radius 1 is 1.11 bits per heavy atom. The monoisotopic (exact) mass is 518 g/mol. The van der Waals surface area contributed by atoms with Crippen LogP contribution in [0.2, 0.25) is 0 Å². The number of aromatic nitrogens is 1. The molecule has 2 heterocycles. The van der Waals surface area contributed by atoms with Crippen LogP contribution in [-0.2, 0) is 16.7 Å². The van der Waals surface area contributed by atoms with Gasteiger partial charge >= 0.3 is 0 Å². The van der Waals surface area contributed by atoms with E-state index in [9.17, 15) is 8.76 Å². The standard InChI is InChI=1S/C28H27N3O3S2/c1-4-30-24-18-22(21-10-6-5-7-11-21)14-15-25(24)34-27(30)16-20(2)17-28-31(19-29-36(3,32)33)23-12-8-9-13-26(23)35-28/h5-18H,4,19H2,1-3H3/p+1. The minimum atomic E-state index is -3.20. The summed E-state index contributed by atoms with van der Waals surface area (Å²) >= 11 is 1.62. The fourth-order valence-electron chi connectivity index (χ4n) is 4.25. The quantitative estimate of drug-likeness (QED) is 0.294. The fourth-order valence-corrected chi connectivity index (χ4v) is 5.74.